The Balaban J connectivity index is 2.23. The first-order valence-corrected chi connectivity index (χ1v) is 8.59. The number of Topliss-reactive ketones (excluding diaryl/α,β-unsaturated/α-hetero) is 1. The van der Waals surface area contributed by atoms with Gasteiger partial charge < -0.3 is 0 Å². The summed E-state index contributed by atoms with van der Waals surface area (Å²) in [5.74, 6) is -0.410. The Hall–Kier alpha value is -1.86. The van der Waals surface area contributed by atoms with Crippen LogP contribution in [0.15, 0.2) is 20.9 Å². The number of aromatic amines is 1. The van der Waals surface area contributed by atoms with Crippen LogP contribution in [0, 0.1) is 0 Å². The molecule has 0 saturated carbocycles. The predicted octanol–water partition coefficient (Wildman–Crippen LogP) is 0.0953. The monoisotopic (exact) mass is 373 g/mol. The summed E-state index contributed by atoms with van der Waals surface area (Å²) in [6, 6.07) is -0.272. The van der Waals surface area contributed by atoms with E-state index in [9.17, 15) is 19.5 Å². The molecule has 1 aromatic heterocycles. The molecule has 2 N–H and O–H groups in total. The van der Waals surface area contributed by atoms with E-state index in [1.807, 2.05) is 0 Å². The Morgan fingerprint density at radius 1 is 1.64 bits per heavy atom. The summed E-state index contributed by atoms with van der Waals surface area (Å²) < 4.78 is 1.30. The fourth-order valence-corrected chi connectivity index (χ4v) is 5.51. The van der Waals surface area contributed by atoms with Gasteiger partial charge in [-0.1, -0.05) is 0 Å². The Labute approximate surface area is 131 Å². The summed E-state index contributed by atoms with van der Waals surface area (Å²) in [5.41, 5.74) is 7.22. The summed E-state index contributed by atoms with van der Waals surface area (Å²) in [6.45, 7) is 1.53. The molecule has 1 aliphatic rings. The van der Waals surface area contributed by atoms with Gasteiger partial charge in [0.25, 0.3) is 0 Å². The third kappa shape index (κ3) is 3.48. The number of aliphatic hydroxyl groups excluding tert-OH is 1. The topological polar surface area (TPSA) is 141 Å². The number of carbonyl (C=O) groups is 1. The number of nitrogens with one attached hydrogen (secondary N) is 1. The van der Waals surface area contributed by atoms with Gasteiger partial charge in [0.1, 0.15) is 0 Å². The van der Waals surface area contributed by atoms with Crippen molar-refractivity contribution in [1.29, 1.82) is 0 Å². The van der Waals surface area contributed by atoms with Gasteiger partial charge in [-0.3, -0.25) is 0 Å². The van der Waals surface area contributed by atoms with Crippen molar-refractivity contribution in [2.24, 2.45) is 5.11 Å². The second-order valence-corrected chi connectivity index (χ2v) is 8.24. The molecule has 3 unspecified atom stereocenters. The van der Waals surface area contributed by atoms with E-state index >= 15 is 0 Å². The van der Waals surface area contributed by atoms with E-state index in [0.717, 1.165) is 0 Å². The summed E-state index contributed by atoms with van der Waals surface area (Å²) in [6.07, 6.45) is 1.85. The van der Waals surface area contributed by atoms with Crippen LogP contribution in [0.5, 0.6) is 0 Å². The number of hydrogen-bond donors (Lipinski definition) is 2. The molecule has 0 radical (unpaired) electrons. The number of nitrogens with zero attached hydrogens (tertiary/aromatic N) is 4. The number of carbonyl (C=O) groups excluding carboxylic acids is 1. The molecule has 22 heavy (non-hydrogen) atoms. The zero-order chi connectivity index (χ0) is 16.3. The van der Waals surface area contributed by atoms with Crippen LogP contribution in [0.1, 0.15) is 23.7 Å². The second-order valence-electron chi connectivity index (χ2n) is 5.00. The van der Waals surface area contributed by atoms with Crippen molar-refractivity contribution < 1.29 is 9.90 Å². The van der Waals surface area contributed by atoms with Gasteiger partial charge in [-0.25, -0.2) is 0 Å². The normalized spacial score (nSPS) is 24.0. The molecular formula is C12H15N5O4Se. The van der Waals surface area contributed by atoms with Gasteiger partial charge in [0.05, 0.1) is 0 Å². The zero-order valence-electron chi connectivity index (χ0n) is 11.8. The Kier molecular flexibility index (Phi) is 5.20. The van der Waals surface area contributed by atoms with Crippen LogP contribution < -0.4 is 11.2 Å². The predicted molar refractivity (Wildman–Crippen MR) is 79.2 cm³/mol. The first-order valence-electron chi connectivity index (χ1n) is 6.61. The number of H-pyrrole nitrogens is 1. The average Bonchev–Trinajstić information content (AvgIpc) is 2.84. The summed E-state index contributed by atoms with van der Waals surface area (Å²) in [4.78, 5) is 39.7. The van der Waals surface area contributed by atoms with Crippen LogP contribution in [0.4, 0.5) is 0 Å². The molecule has 0 aromatic carbocycles. The zero-order valence-corrected chi connectivity index (χ0v) is 13.5. The third-order valence-electron chi connectivity index (χ3n) is 3.47. The van der Waals surface area contributed by atoms with Gasteiger partial charge in [-0.15, -0.1) is 0 Å². The van der Waals surface area contributed by atoms with Gasteiger partial charge >= 0.3 is 131 Å². The molecule has 9 nitrogen and oxygen atoms in total. The first-order chi connectivity index (χ1) is 10.5. The van der Waals surface area contributed by atoms with E-state index in [4.69, 9.17) is 5.53 Å². The molecule has 2 heterocycles. The van der Waals surface area contributed by atoms with Crippen molar-refractivity contribution in [2.75, 3.05) is 6.61 Å². The molecule has 10 heteroatoms. The van der Waals surface area contributed by atoms with E-state index in [2.05, 4.69) is 15.0 Å². The van der Waals surface area contributed by atoms with Gasteiger partial charge in [0.15, 0.2) is 0 Å². The summed E-state index contributed by atoms with van der Waals surface area (Å²) in [5, 5.41) is 13.0. The second kappa shape index (κ2) is 6.93. The minimum atomic E-state index is -0.689. The fraction of sp³-hybridized carbons (Fsp3) is 0.583. The number of ketones is 1. The van der Waals surface area contributed by atoms with Gasteiger partial charge in [-0.05, 0) is 0 Å². The van der Waals surface area contributed by atoms with E-state index < -0.39 is 17.0 Å². The Morgan fingerprint density at radius 3 is 2.95 bits per heavy atom. The molecular weight excluding hydrogens is 357 g/mol. The third-order valence-corrected chi connectivity index (χ3v) is 6.70. The van der Waals surface area contributed by atoms with Gasteiger partial charge in [-0.2, -0.15) is 0 Å². The van der Waals surface area contributed by atoms with Crippen LogP contribution >= 0.6 is 0 Å². The molecule has 0 amide bonds. The molecule has 3 atom stereocenters. The van der Waals surface area contributed by atoms with Crippen molar-refractivity contribution in [3.8, 4) is 0 Å². The van der Waals surface area contributed by atoms with E-state index in [-0.39, 0.29) is 42.8 Å². The minimum absolute atomic E-state index is 0.000427. The summed E-state index contributed by atoms with van der Waals surface area (Å²) >= 11 is -0.000427. The van der Waals surface area contributed by atoms with E-state index in [1.54, 1.807) is 0 Å². The molecule has 0 aliphatic carbocycles. The van der Waals surface area contributed by atoms with Crippen molar-refractivity contribution in [3.05, 3.63) is 43.0 Å². The molecule has 1 saturated heterocycles. The Bertz CT molecular complexity index is 736. The maximum atomic E-state index is 11.8. The van der Waals surface area contributed by atoms with Crippen molar-refractivity contribution in [2.45, 2.75) is 35.6 Å². The number of hydrogen-bond acceptors (Lipinski definition) is 5. The molecule has 118 valence electrons. The van der Waals surface area contributed by atoms with Gasteiger partial charge in [0, 0.05) is 0 Å². The molecule has 0 bridgehead atoms. The molecule has 1 aliphatic heterocycles. The summed E-state index contributed by atoms with van der Waals surface area (Å²) in [7, 11) is 0. The fourth-order valence-electron chi connectivity index (χ4n) is 2.40. The van der Waals surface area contributed by atoms with Crippen LogP contribution in [-0.2, 0) is 6.54 Å². The SMILES string of the molecule is CC(=O)c1cn(CC2CC(N=[N+]=[N-])C(CO)[Se]2)c(=O)[nH]c1=O. The molecule has 1 aromatic rings. The van der Waals surface area contributed by atoms with Crippen molar-refractivity contribution in [3.63, 3.8) is 0 Å². The standard InChI is InChI=1S/C12H15N5O4Se/c1-6(19)8-4-17(12(21)14-11(8)20)3-7-2-9(15-16-13)10(5-18)22-7/h4,7,9-10,18H,2-3,5H2,1H3,(H,14,20,21). The molecule has 2 rings (SSSR count). The number of azide groups is 1. The number of aliphatic hydroxyl groups is 1. The van der Waals surface area contributed by atoms with Crippen LogP contribution in [0.2, 0.25) is 9.63 Å². The van der Waals surface area contributed by atoms with Crippen molar-refractivity contribution in [1.82, 2.24) is 9.55 Å². The van der Waals surface area contributed by atoms with Crippen molar-refractivity contribution >= 4 is 20.7 Å². The van der Waals surface area contributed by atoms with Crippen LogP contribution in [-0.4, -0.2) is 48.0 Å². The first kappa shape index (κ1) is 16.5. The van der Waals surface area contributed by atoms with Crippen LogP contribution in [0.25, 0.3) is 10.4 Å². The maximum absolute atomic E-state index is 11.8. The van der Waals surface area contributed by atoms with Crippen LogP contribution in [0.3, 0.4) is 0 Å². The Morgan fingerprint density at radius 2 is 2.36 bits per heavy atom. The quantitative estimate of drug-likeness (QED) is 0.248. The number of rotatable bonds is 5. The molecule has 1 fully saturated rings. The number of aromatic nitrogens is 2. The van der Waals surface area contributed by atoms with E-state index in [1.165, 1.54) is 17.7 Å². The van der Waals surface area contributed by atoms with E-state index in [0.29, 0.717) is 13.0 Å². The average molecular weight is 372 g/mol. The molecule has 0 spiro atoms. The van der Waals surface area contributed by atoms with Gasteiger partial charge in [0.2, 0.25) is 0 Å².